The average Bonchev–Trinajstić information content (AvgIpc) is 2.98. The van der Waals surface area contributed by atoms with Crippen LogP contribution in [0, 0.1) is 0 Å². The van der Waals surface area contributed by atoms with Crippen LogP contribution in [0.4, 0.5) is 19.0 Å². The van der Waals surface area contributed by atoms with Gasteiger partial charge in [0.2, 0.25) is 5.82 Å². The third-order valence-corrected chi connectivity index (χ3v) is 3.86. The highest BCUT2D eigenvalue weighted by Gasteiger charge is 2.33. The molecule has 7 nitrogen and oxygen atoms in total. The molecule has 0 fully saturated rings. The van der Waals surface area contributed by atoms with E-state index in [1.807, 2.05) is 0 Å². The van der Waals surface area contributed by atoms with Crippen molar-refractivity contribution < 1.29 is 18.0 Å². The molecular weight excluding hydrogens is 361 g/mol. The Morgan fingerprint density at radius 1 is 1.22 bits per heavy atom. The molecule has 142 valence electrons. The Morgan fingerprint density at radius 2 is 1.93 bits per heavy atom. The van der Waals surface area contributed by atoms with Crippen LogP contribution in [-0.2, 0) is 19.8 Å². The fourth-order valence-corrected chi connectivity index (χ4v) is 2.65. The van der Waals surface area contributed by atoms with Crippen molar-refractivity contribution in [1.29, 1.82) is 0 Å². The Bertz CT molecular complexity index is 996. The number of rotatable bonds is 4. The van der Waals surface area contributed by atoms with Crippen LogP contribution in [0.1, 0.15) is 21.7 Å². The summed E-state index contributed by atoms with van der Waals surface area (Å²) in [6.45, 7) is -0.296. The van der Waals surface area contributed by atoms with E-state index in [2.05, 4.69) is 20.4 Å². The lowest BCUT2D eigenvalue weighted by molar-refractivity contribution is -0.138. The first-order chi connectivity index (χ1) is 12.7. The van der Waals surface area contributed by atoms with Crippen molar-refractivity contribution >= 4 is 22.8 Å². The Kier molecular flexibility index (Phi) is 4.73. The zero-order valence-electron chi connectivity index (χ0n) is 14.9. The smallest absolute Gasteiger partial charge is 0.362 e. The second kappa shape index (κ2) is 6.86. The van der Waals surface area contributed by atoms with Crippen LogP contribution < -0.4 is 10.2 Å². The van der Waals surface area contributed by atoms with E-state index in [4.69, 9.17) is 0 Å². The van der Waals surface area contributed by atoms with Crippen molar-refractivity contribution in [2.24, 2.45) is 7.05 Å². The number of alkyl halides is 3. The van der Waals surface area contributed by atoms with Crippen molar-refractivity contribution in [3.63, 3.8) is 0 Å². The molecule has 1 N–H and O–H groups in total. The number of halogens is 3. The van der Waals surface area contributed by atoms with Crippen LogP contribution >= 0.6 is 0 Å². The molecule has 0 radical (unpaired) electrons. The van der Waals surface area contributed by atoms with Crippen LogP contribution in [0.5, 0.6) is 0 Å². The zero-order chi connectivity index (χ0) is 19.8. The molecule has 0 atom stereocenters. The molecule has 0 aliphatic carbocycles. The average molecular weight is 378 g/mol. The molecule has 0 bridgehead atoms. The molecule has 1 aromatic carbocycles. The predicted molar refractivity (Wildman–Crippen MR) is 93.2 cm³/mol. The van der Waals surface area contributed by atoms with Gasteiger partial charge in [0.05, 0.1) is 10.9 Å². The Balaban J connectivity index is 1.88. The molecule has 27 heavy (non-hydrogen) atoms. The number of nitrogens with one attached hydrogen (secondary N) is 1. The largest absolute Gasteiger partial charge is 0.416 e. The number of fused-ring (bicyclic) bond motifs is 1. The minimum Gasteiger partial charge on any atom is -0.362 e. The summed E-state index contributed by atoms with van der Waals surface area (Å²) in [6.07, 6.45) is -2.77. The topological polar surface area (TPSA) is 75.9 Å². The summed E-state index contributed by atoms with van der Waals surface area (Å²) in [6, 6.07) is 5.08. The molecule has 0 saturated heterocycles. The van der Waals surface area contributed by atoms with Gasteiger partial charge in [-0.05, 0) is 11.6 Å². The minimum absolute atomic E-state index is 0.0369. The van der Waals surface area contributed by atoms with Gasteiger partial charge in [0.25, 0.3) is 5.91 Å². The van der Waals surface area contributed by atoms with Crippen molar-refractivity contribution in [3.8, 4) is 0 Å². The molecule has 0 aliphatic heterocycles. The van der Waals surface area contributed by atoms with Gasteiger partial charge in [0.15, 0.2) is 5.65 Å². The molecule has 3 rings (SSSR count). The molecule has 2 heterocycles. The van der Waals surface area contributed by atoms with E-state index in [0.717, 1.165) is 6.07 Å². The van der Waals surface area contributed by atoms with Gasteiger partial charge in [-0.3, -0.25) is 9.48 Å². The van der Waals surface area contributed by atoms with Crippen molar-refractivity contribution in [2.45, 2.75) is 12.7 Å². The Morgan fingerprint density at radius 3 is 2.59 bits per heavy atom. The monoisotopic (exact) mass is 378 g/mol. The number of hydrogen-bond acceptors (Lipinski definition) is 5. The summed E-state index contributed by atoms with van der Waals surface area (Å²) in [5.41, 5.74) is -0.498. The first-order valence-electron chi connectivity index (χ1n) is 7.99. The third-order valence-electron chi connectivity index (χ3n) is 3.86. The van der Waals surface area contributed by atoms with Gasteiger partial charge in [-0.2, -0.15) is 18.3 Å². The second-order valence-corrected chi connectivity index (χ2v) is 6.14. The summed E-state index contributed by atoms with van der Waals surface area (Å²) in [5.74, 6) is -0.342. The van der Waals surface area contributed by atoms with E-state index in [-0.39, 0.29) is 17.9 Å². The zero-order valence-corrected chi connectivity index (χ0v) is 14.9. The van der Waals surface area contributed by atoms with E-state index in [9.17, 15) is 18.0 Å². The number of hydrogen-bond donors (Lipinski definition) is 1. The number of anilines is 1. The van der Waals surface area contributed by atoms with Gasteiger partial charge in [-0.15, -0.1) is 0 Å². The van der Waals surface area contributed by atoms with Crippen LogP contribution in [0.15, 0.2) is 30.5 Å². The first-order valence-corrected chi connectivity index (χ1v) is 7.99. The van der Waals surface area contributed by atoms with Gasteiger partial charge >= 0.3 is 6.18 Å². The molecule has 0 saturated carbocycles. The highest BCUT2D eigenvalue weighted by atomic mass is 19.4. The summed E-state index contributed by atoms with van der Waals surface area (Å²) < 4.78 is 40.7. The number of carbonyl (C=O) groups excluding carboxylic acids is 1. The fourth-order valence-electron chi connectivity index (χ4n) is 2.65. The van der Waals surface area contributed by atoms with Gasteiger partial charge in [-0.25, -0.2) is 9.97 Å². The summed E-state index contributed by atoms with van der Waals surface area (Å²) >= 11 is 0. The van der Waals surface area contributed by atoms with Crippen molar-refractivity contribution in [1.82, 2.24) is 25.1 Å². The van der Waals surface area contributed by atoms with Gasteiger partial charge in [0.1, 0.15) is 5.82 Å². The molecule has 0 aliphatic rings. The van der Waals surface area contributed by atoms with Crippen LogP contribution in [-0.4, -0.2) is 39.8 Å². The van der Waals surface area contributed by atoms with Crippen molar-refractivity contribution in [2.75, 3.05) is 19.0 Å². The number of nitrogens with zero attached hydrogens (tertiary/aromatic N) is 5. The lowest BCUT2D eigenvalue weighted by Crippen LogP contribution is -2.27. The van der Waals surface area contributed by atoms with E-state index in [1.54, 1.807) is 36.9 Å². The van der Waals surface area contributed by atoms with Crippen LogP contribution in [0.2, 0.25) is 0 Å². The van der Waals surface area contributed by atoms with Crippen molar-refractivity contribution in [3.05, 3.63) is 47.4 Å². The number of amides is 1. The second-order valence-electron chi connectivity index (χ2n) is 6.14. The Hall–Kier alpha value is -3.17. The molecule has 1 amide bonds. The summed E-state index contributed by atoms with van der Waals surface area (Å²) in [5, 5.41) is 7.29. The number of carbonyl (C=O) groups is 1. The normalized spacial score (nSPS) is 11.6. The summed E-state index contributed by atoms with van der Waals surface area (Å²) in [4.78, 5) is 22.5. The molecule has 0 spiro atoms. The van der Waals surface area contributed by atoms with Gasteiger partial charge < -0.3 is 10.2 Å². The van der Waals surface area contributed by atoms with E-state index in [0.29, 0.717) is 16.9 Å². The SMILES string of the molecule is CN(C)c1nc(C(=O)NCc2ccccc2C(F)(F)F)nc2nn(C)cc12. The predicted octanol–water partition coefficient (Wildman–Crippen LogP) is 2.38. The van der Waals surface area contributed by atoms with Crippen LogP contribution in [0.25, 0.3) is 11.0 Å². The third kappa shape index (κ3) is 3.83. The first kappa shape index (κ1) is 18.6. The number of aromatic nitrogens is 4. The lowest BCUT2D eigenvalue weighted by atomic mass is 10.1. The lowest BCUT2D eigenvalue weighted by Gasteiger charge is -2.14. The molecule has 10 heteroatoms. The van der Waals surface area contributed by atoms with Gasteiger partial charge in [-0.1, -0.05) is 18.2 Å². The number of aryl methyl sites for hydroxylation is 1. The molecule has 2 aromatic heterocycles. The minimum atomic E-state index is -4.50. The van der Waals surface area contributed by atoms with E-state index < -0.39 is 17.6 Å². The molecule has 0 unspecified atom stereocenters. The standard InChI is InChI=1S/C17H17F3N6O/c1-25(2)15-11-9-26(3)24-13(11)22-14(23-15)16(27)21-8-10-6-4-5-7-12(10)17(18,19)20/h4-7,9H,8H2,1-3H3,(H,21,27). The Labute approximate surface area is 152 Å². The molecular formula is C17H17F3N6O. The quantitative estimate of drug-likeness (QED) is 0.754. The maximum Gasteiger partial charge on any atom is 0.416 e. The fraction of sp³-hybridized carbons (Fsp3) is 0.294. The number of benzene rings is 1. The van der Waals surface area contributed by atoms with E-state index >= 15 is 0 Å². The maximum absolute atomic E-state index is 13.1. The van der Waals surface area contributed by atoms with E-state index in [1.165, 1.54) is 18.2 Å². The molecule has 3 aromatic rings. The maximum atomic E-state index is 13.1. The van der Waals surface area contributed by atoms with Crippen LogP contribution in [0.3, 0.4) is 0 Å². The van der Waals surface area contributed by atoms with Gasteiger partial charge in [0, 0.05) is 33.9 Å². The highest BCUT2D eigenvalue weighted by molar-refractivity contribution is 5.95. The summed E-state index contributed by atoms with van der Waals surface area (Å²) in [7, 11) is 5.24. The highest BCUT2D eigenvalue weighted by Crippen LogP contribution is 2.31.